The molecular weight excluding hydrogens is 290 g/mol. The van der Waals surface area contributed by atoms with Crippen molar-refractivity contribution in [1.82, 2.24) is 4.98 Å². The maximum absolute atomic E-state index is 12.1. The van der Waals surface area contributed by atoms with Gasteiger partial charge in [-0.2, -0.15) is 0 Å². The number of carbonyl (C=O) groups excluding carboxylic acids is 1. The fraction of sp³-hybridized carbons (Fsp3) is 0.133. The summed E-state index contributed by atoms with van der Waals surface area (Å²) in [6, 6.07) is 10.8. The van der Waals surface area contributed by atoms with Crippen LogP contribution in [0, 0.1) is 0 Å². The van der Waals surface area contributed by atoms with Crippen molar-refractivity contribution >= 4 is 28.9 Å². The molecule has 0 saturated heterocycles. The molecule has 1 aliphatic rings. The lowest BCUT2D eigenvalue weighted by Crippen LogP contribution is -2.28. The number of amides is 1. The van der Waals surface area contributed by atoms with E-state index < -0.39 is 6.10 Å². The quantitative estimate of drug-likeness (QED) is 0.948. The summed E-state index contributed by atoms with van der Waals surface area (Å²) in [6.07, 6.45) is 3.02. The average Bonchev–Trinajstić information content (AvgIpc) is 2.99. The Morgan fingerprint density at radius 3 is 2.81 bits per heavy atom. The van der Waals surface area contributed by atoms with Crippen molar-refractivity contribution in [2.75, 3.05) is 5.32 Å². The van der Waals surface area contributed by atoms with Crippen LogP contribution in [-0.2, 0) is 9.63 Å². The highest BCUT2D eigenvalue weighted by Crippen LogP contribution is 2.19. The van der Waals surface area contributed by atoms with Crippen molar-refractivity contribution in [3.63, 3.8) is 0 Å². The van der Waals surface area contributed by atoms with Gasteiger partial charge in [-0.05, 0) is 29.8 Å². The van der Waals surface area contributed by atoms with Gasteiger partial charge in [0, 0.05) is 17.6 Å². The summed E-state index contributed by atoms with van der Waals surface area (Å²) in [5.41, 5.74) is 2.26. The first-order valence-corrected chi connectivity index (χ1v) is 6.80. The molecular formula is C15H12ClN3O2. The molecule has 0 bridgehead atoms. The Morgan fingerprint density at radius 1 is 1.29 bits per heavy atom. The largest absolute Gasteiger partial charge is 0.382 e. The van der Waals surface area contributed by atoms with Crippen LogP contribution in [0.1, 0.15) is 12.0 Å². The smallest absolute Gasteiger partial charge is 0.268 e. The lowest BCUT2D eigenvalue weighted by atomic mass is 10.0. The molecule has 0 unspecified atom stereocenters. The minimum Gasteiger partial charge on any atom is -0.382 e. The summed E-state index contributed by atoms with van der Waals surface area (Å²) in [7, 11) is 0. The second-order valence-electron chi connectivity index (χ2n) is 4.57. The SMILES string of the molecule is O=C(Nc1cccnc1)[C@@H]1CC(c2ccc(Cl)cc2)=NO1. The Hall–Kier alpha value is -2.40. The lowest BCUT2D eigenvalue weighted by molar-refractivity contribution is -0.125. The Balaban J connectivity index is 1.63. The van der Waals surface area contributed by atoms with Crippen molar-refractivity contribution < 1.29 is 9.63 Å². The van der Waals surface area contributed by atoms with Crippen LogP contribution in [0.25, 0.3) is 0 Å². The zero-order chi connectivity index (χ0) is 14.7. The van der Waals surface area contributed by atoms with Gasteiger partial charge in [0.05, 0.1) is 17.6 Å². The molecule has 1 aromatic heterocycles. The molecule has 2 aromatic rings. The van der Waals surface area contributed by atoms with Gasteiger partial charge >= 0.3 is 0 Å². The minimum absolute atomic E-state index is 0.240. The van der Waals surface area contributed by atoms with Gasteiger partial charge < -0.3 is 10.2 Å². The van der Waals surface area contributed by atoms with Crippen LogP contribution in [-0.4, -0.2) is 22.7 Å². The molecule has 0 aliphatic carbocycles. The van der Waals surface area contributed by atoms with Crippen molar-refractivity contribution in [3.05, 3.63) is 59.4 Å². The molecule has 6 heteroatoms. The van der Waals surface area contributed by atoms with E-state index in [-0.39, 0.29) is 5.91 Å². The van der Waals surface area contributed by atoms with Crippen LogP contribution in [0.4, 0.5) is 5.69 Å². The second-order valence-corrected chi connectivity index (χ2v) is 5.01. The molecule has 5 nitrogen and oxygen atoms in total. The summed E-state index contributed by atoms with van der Waals surface area (Å²) >= 11 is 5.85. The number of aromatic nitrogens is 1. The second kappa shape index (κ2) is 5.93. The molecule has 21 heavy (non-hydrogen) atoms. The Morgan fingerprint density at radius 2 is 2.10 bits per heavy atom. The van der Waals surface area contributed by atoms with Crippen molar-refractivity contribution in [2.45, 2.75) is 12.5 Å². The third-order valence-corrected chi connectivity index (χ3v) is 3.32. The van der Waals surface area contributed by atoms with E-state index >= 15 is 0 Å². The number of pyridine rings is 1. The molecule has 2 heterocycles. The maximum atomic E-state index is 12.1. The molecule has 0 fully saturated rings. The minimum atomic E-state index is -0.629. The predicted octanol–water partition coefficient (Wildman–Crippen LogP) is 2.87. The van der Waals surface area contributed by atoms with E-state index in [1.54, 1.807) is 36.7 Å². The molecule has 0 spiro atoms. The number of rotatable bonds is 3. The number of carbonyl (C=O) groups is 1. The van der Waals surface area contributed by atoms with E-state index in [0.717, 1.165) is 11.3 Å². The lowest BCUT2D eigenvalue weighted by Gasteiger charge is -2.08. The third kappa shape index (κ3) is 3.20. The predicted molar refractivity (Wildman–Crippen MR) is 80.3 cm³/mol. The van der Waals surface area contributed by atoms with Gasteiger partial charge in [-0.1, -0.05) is 28.9 Å². The van der Waals surface area contributed by atoms with Gasteiger partial charge in [0.1, 0.15) is 0 Å². The van der Waals surface area contributed by atoms with Crippen LogP contribution in [0.2, 0.25) is 5.02 Å². The van der Waals surface area contributed by atoms with E-state index in [9.17, 15) is 4.79 Å². The number of benzene rings is 1. The van der Waals surface area contributed by atoms with Crippen LogP contribution < -0.4 is 5.32 Å². The van der Waals surface area contributed by atoms with Gasteiger partial charge in [-0.3, -0.25) is 9.78 Å². The highest BCUT2D eigenvalue weighted by Gasteiger charge is 2.28. The Kier molecular flexibility index (Phi) is 3.83. The zero-order valence-corrected chi connectivity index (χ0v) is 11.7. The first-order valence-electron chi connectivity index (χ1n) is 6.42. The number of nitrogens with zero attached hydrogens (tertiary/aromatic N) is 2. The fourth-order valence-electron chi connectivity index (χ4n) is 1.99. The number of nitrogens with one attached hydrogen (secondary N) is 1. The van der Waals surface area contributed by atoms with Gasteiger partial charge in [0.25, 0.3) is 5.91 Å². The van der Waals surface area contributed by atoms with Crippen LogP contribution in [0.15, 0.2) is 53.9 Å². The zero-order valence-electron chi connectivity index (χ0n) is 11.0. The summed E-state index contributed by atoms with van der Waals surface area (Å²) in [5.74, 6) is -0.240. The van der Waals surface area contributed by atoms with Gasteiger partial charge in [0.2, 0.25) is 6.10 Å². The molecule has 0 saturated carbocycles. The van der Waals surface area contributed by atoms with Crippen molar-refractivity contribution in [1.29, 1.82) is 0 Å². The van der Waals surface area contributed by atoms with Crippen molar-refractivity contribution in [2.24, 2.45) is 5.16 Å². The molecule has 1 aromatic carbocycles. The monoisotopic (exact) mass is 301 g/mol. The van der Waals surface area contributed by atoms with Gasteiger partial charge in [0.15, 0.2) is 0 Å². The normalized spacial score (nSPS) is 17.0. The topological polar surface area (TPSA) is 63.6 Å². The van der Waals surface area contributed by atoms with Crippen LogP contribution in [0.5, 0.6) is 0 Å². The standard InChI is InChI=1S/C15H12ClN3O2/c16-11-5-3-10(4-6-11)13-8-14(21-19-13)15(20)18-12-2-1-7-17-9-12/h1-7,9,14H,8H2,(H,18,20)/t14-/m0/s1. The number of anilines is 1. The molecule has 1 atom stereocenters. The summed E-state index contributed by atoms with van der Waals surface area (Å²) < 4.78 is 0. The van der Waals surface area contributed by atoms with E-state index in [1.165, 1.54) is 0 Å². The molecule has 1 amide bonds. The van der Waals surface area contributed by atoms with E-state index in [0.29, 0.717) is 17.1 Å². The molecule has 3 rings (SSSR count). The maximum Gasteiger partial charge on any atom is 0.268 e. The molecule has 106 valence electrons. The number of halogens is 1. The van der Waals surface area contributed by atoms with E-state index in [4.69, 9.17) is 16.4 Å². The van der Waals surface area contributed by atoms with E-state index in [1.807, 2.05) is 12.1 Å². The Bertz CT molecular complexity index is 671. The summed E-state index contributed by atoms with van der Waals surface area (Å²) in [5, 5.41) is 7.38. The number of hydrogen-bond donors (Lipinski definition) is 1. The van der Waals surface area contributed by atoms with Crippen LogP contribution >= 0.6 is 11.6 Å². The number of oxime groups is 1. The van der Waals surface area contributed by atoms with Crippen LogP contribution in [0.3, 0.4) is 0 Å². The molecule has 1 aliphatic heterocycles. The number of hydrogen-bond acceptors (Lipinski definition) is 4. The van der Waals surface area contributed by atoms with Gasteiger partial charge in [-0.15, -0.1) is 0 Å². The van der Waals surface area contributed by atoms with Gasteiger partial charge in [-0.25, -0.2) is 0 Å². The molecule has 0 radical (unpaired) electrons. The fourth-order valence-corrected chi connectivity index (χ4v) is 2.12. The first-order chi connectivity index (χ1) is 10.2. The first kappa shape index (κ1) is 13.6. The van der Waals surface area contributed by atoms with Crippen molar-refractivity contribution in [3.8, 4) is 0 Å². The third-order valence-electron chi connectivity index (χ3n) is 3.07. The average molecular weight is 302 g/mol. The molecule has 1 N–H and O–H groups in total. The highest BCUT2D eigenvalue weighted by molar-refractivity contribution is 6.30. The highest BCUT2D eigenvalue weighted by atomic mass is 35.5. The van der Waals surface area contributed by atoms with E-state index in [2.05, 4.69) is 15.5 Å². The Labute approximate surface area is 126 Å². The summed E-state index contributed by atoms with van der Waals surface area (Å²) in [6.45, 7) is 0. The summed E-state index contributed by atoms with van der Waals surface area (Å²) in [4.78, 5) is 21.2.